The zero-order chi connectivity index (χ0) is 15.7. The summed E-state index contributed by atoms with van der Waals surface area (Å²) in [6, 6.07) is 7.82. The highest BCUT2D eigenvalue weighted by Crippen LogP contribution is 2.17. The molecule has 2 heterocycles. The molecular weight excluding hydrogens is 314 g/mol. The molecule has 124 valence electrons. The number of pyridine rings is 1. The van der Waals surface area contributed by atoms with Gasteiger partial charge in [-0.2, -0.15) is 0 Å². The lowest BCUT2D eigenvalue weighted by Gasteiger charge is -2.30. The van der Waals surface area contributed by atoms with Crippen LogP contribution in [0.2, 0.25) is 0 Å². The van der Waals surface area contributed by atoms with Crippen molar-refractivity contribution in [2.45, 2.75) is 38.8 Å². The largest absolute Gasteiger partial charge is 0.348 e. The molecule has 2 aromatic rings. The monoisotopic (exact) mass is 335 g/mol. The molecule has 3 rings (SSSR count). The molecule has 1 fully saturated rings. The maximum atomic E-state index is 12.6. The fraction of sp³-hybridized carbons (Fsp3) is 0.412. The quantitative estimate of drug-likeness (QED) is 0.787. The first-order valence-electron chi connectivity index (χ1n) is 7.74. The fourth-order valence-electron chi connectivity index (χ4n) is 3.16. The number of aryl methyl sites for hydroxylation is 1. The van der Waals surface area contributed by atoms with Crippen molar-refractivity contribution >= 4 is 29.2 Å². The van der Waals surface area contributed by atoms with Crippen LogP contribution >= 0.6 is 12.4 Å². The molecule has 5 nitrogen and oxygen atoms in total. The number of amides is 1. The van der Waals surface area contributed by atoms with Gasteiger partial charge in [-0.1, -0.05) is 18.2 Å². The van der Waals surface area contributed by atoms with Gasteiger partial charge in [0.2, 0.25) is 0 Å². The van der Waals surface area contributed by atoms with Gasteiger partial charge in [0.05, 0.1) is 0 Å². The van der Waals surface area contributed by atoms with Gasteiger partial charge in [0, 0.05) is 23.0 Å². The number of halogens is 1. The van der Waals surface area contributed by atoms with E-state index < -0.39 is 0 Å². The zero-order valence-electron chi connectivity index (χ0n) is 13.3. The molecule has 1 aliphatic heterocycles. The predicted molar refractivity (Wildman–Crippen MR) is 94.5 cm³/mol. The van der Waals surface area contributed by atoms with Crippen molar-refractivity contribution in [1.29, 1.82) is 0 Å². The minimum atomic E-state index is -0.329. The Bertz CT molecular complexity index is 772. The van der Waals surface area contributed by atoms with Crippen LogP contribution in [-0.4, -0.2) is 29.5 Å². The van der Waals surface area contributed by atoms with E-state index in [1.54, 1.807) is 0 Å². The number of nitrogens with one attached hydrogen (secondary N) is 3. The predicted octanol–water partition coefficient (Wildman–Crippen LogP) is 2.13. The van der Waals surface area contributed by atoms with Crippen LogP contribution in [-0.2, 0) is 0 Å². The average Bonchev–Trinajstić information content (AvgIpc) is 2.49. The lowest BCUT2D eigenvalue weighted by atomic mass is 9.98. The van der Waals surface area contributed by atoms with Crippen molar-refractivity contribution < 1.29 is 4.79 Å². The number of para-hydroxylation sites is 1. The molecule has 0 radical (unpaired) electrons. The maximum Gasteiger partial charge on any atom is 0.261 e. The SMILES string of the molecule is Cc1c(C(=O)NC2CCCNC2C)c(=O)[nH]c2ccccc12.Cl. The number of fused-ring (bicyclic) bond motifs is 1. The normalized spacial score (nSPS) is 20.8. The standard InChI is InChI=1S/C17H21N3O2.ClH/c1-10-12-6-3-4-7-14(12)20-17(22)15(10)16(21)19-13-8-5-9-18-11(13)2;/h3-4,6-7,11,13,18H,5,8-9H2,1-2H3,(H,19,21)(H,20,22);1H. The first-order valence-corrected chi connectivity index (χ1v) is 7.74. The van der Waals surface area contributed by atoms with E-state index in [1.165, 1.54) is 0 Å². The minimum absolute atomic E-state index is 0. The van der Waals surface area contributed by atoms with Crippen LogP contribution in [0.3, 0.4) is 0 Å². The number of carbonyl (C=O) groups excluding carboxylic acids is 1. The second-order valence-electron chi connectivity index (χ2n) is 5.96. The molecule has 3 N–H and O–H groups in total. The van der Waals surface area contributed by atoms with E-state index >= 15 is 0 Å². The highest BCUT2D eigenvalue weighted by atomic mass is 35.5. The summed E-state index contributed by atoms with van der Waals surface area (Å²) in [4.78, 5) is 27.7. The summed E-state index contributed by atoms with van der Waals surface area (Å²) in [5.41, 5.74) is 1.38. The number of hydrogen-bond donors (Lipinski definition) is 3. The number of piperidine rings is 1. The molecular formula is C17H22ClN3O2. The molecule has 1 aromatic heterocycles. The Morgan fingerprint density at radius 1 is 1.30 bits per heavy atom. The van der Waals surface area contributed by atoms with E-state index in [-0.39, 0.29) is 41.5 Å². The van der Waals surface area contributed by atoms with Gasteiger partial charge in [-0.15, -0.1) is 12.4 Å². The summed E-state index contributed by atoms with van der Waals surface area (Å²) in [5.74, 6) is -0.287. The smallest absolute Gasteiger partial charge is 0.261 e. The van der Waals surface area contributed by atoms with Crippen molar-refractivity contribution in [2.24, 2.45) is 0 Å². The number of H-pyrrole nitrogens is 1. The van der Waals surface area contributed by atoms with E-state index in [0.717, 1.165) is 35.9 Å². The summed E-state index contributed by atoms with van der Waals surface area (Å²) in [6.45, 7) is 4.86. The van der Waals surface area contributed by atoms with Gasteiger partial charge in [0.15, 0.2) is 0 Å². The van der Waals surface area contributed by atoms with Crippen LogP contribution in [0.1, 0.15) is 35.7 Å². The molecule has 1 amide bonds. The van der Waals surface area contributed by atoms with Crippen molar-refractivity contribution in [3.05, 3.63) is 45.7 Å². The summed E-state index contributed by atoms with van der Waals surface area (Å²) in [7, 11) is 0. The molecule has 0 spiro atoms. The molecule has 6 heteroatoms. The Morgan fingerprint density at radius 3 is 2.78 bits per heavy atom. The second kappa shape index (κ2) is 7.15. The van der Waals surface area contributed by atoms with Gasteiger partial charge in [-0.3, -0.25) is 9.59 Å². The topological polar surface area (TPSA) is 74.0 Å². The van der Waals surface area contributed by atoms with E-state index in [1.807, 2.05) is 31.2 Å². The van der Waals surface area contributed by atoms with Crippen LogP contribution < -0.4 is 16.2 Å². The Balaban J connectivity index is 0.00000192. The van der Waals surface area contributed by atoms with Crippen LogP contribution in [0.15, 0.2) is 29.1 Å². The Kier molecular flexibility index (Phi) is 5.44. The van der Waals surface area contributed by atoms with E-state index in [9.17, 15) is 9.59 Å². The van der Waals surface area contributed by atoms with E-state index in [4.69, 9.17) is 0 Å². The van der Waals surface area contributed by atoms with Gasteiger partial charge in [0.25, 0.3) is 11.5 Å². The summed E-state index contributed by atoms with van der Waals surface area (Å²) in [6.07, 6.45) is 1.97. The molecule has 2 atom stereocenters. The third kappa shape index (κ3) is 3.41. The third-order valence-corrected chi connectivity index (χ3v) is 4.49. The molecule has 0 saturated carbocycles. The Labute approximate surface area is 141 Å². The number of hydrogen-bond acceptors (Lipinski definition) is 3. The second-order valence-corrected chi connectivity index (χ2v) is 5.96. The van der Waals surface area contributed by atoms with Gasteiger partial charge >= 0.3 is 0 Å². The maximum absolute atomic E-state index is 12.6. The average molecular weight is 336 g/mol. The van der Waals surface area contributed by atoms with Crippen molar-refractivity contribution in [3.8, 4) is 0 Å². The lowest BCUT2D eigenvalue weighted by molar-refractivity contribution is 0.0918. The minimum Gasteiger partial charge on any atom is -0.348 e. The zero-order valence-corrected chi connectivity index (χ0v) is 14.1. The van der Waals surface area contributed by atoms with Gasteiger partial charge in [-0.05, 0) is 44.9 Å². The lowest BCUT2D eigenvalue weighted by Crippen LogP contribution is -2.52. The highest BCUT2D eigenvalue weighted by molar-refractivity contribution is 6.00. The number of aromatic nitrogens is 1. The molecule has 1 aliphatic rings. The van der Waals surface area contributed by atoms with Gasteiger partial charge < -0.3 is 15.6 Å². The first-order chi connectivity index (χ1) is 10.6. The number of benzene rings is 1. The van der Waals surface area contributed by atoms with E-state index in [0.29, 0.717) is 0 Å². The number of aromatic amines is 1. The highest BCUT2D eigenvalue weighted by Gasteiger charge is 2.25. The molecule has 23 heavy (non-hydrogen) atoms. The molecule has 0 aliphatic carbocycles. The fourth-order valence-corrected chi connectivity index (χ4v) is 3.16. The third-order valence-electron chi connectivity index (χ3n) is 4.49. The van der Waals surface area contributed by atoms with E-state index in [2.05, 4.69) is 22.5 Å². The van der Waals surface area contributed by atoms with Crippen LogP contribution in [0.25, 0.3) is 10.9 Å². The number of rotatable bonds is 2. The van der Waals surface area contributed by atoms with Gasteiger partial charge in [0.1, 0.15) is 5.56 Å². The molecule has 2 unspecified atom stereocenters. The Morgan fingerprint density at radius 2 is 2.04 bits per heavy atom. The van der Waals surface area contributed by atoms with Crippen molar-refractivity contribution in [3.63, 3.8) is 0 Å². The van der Waals surface area contributed by atoms with Crippen molar-refractivity contribution in [1.82, 2.24) is 15.6 Å². The van der Waals surface area contributed by atoms with Crippen LogP contribution in [0.5, 0.6) is 0 Å². The molecule has 1 saturated heterocycles. The Hall–Kier alpha value is -1.85. The number of carbonyl (C=O) groups is 1. The summed E-state index contributed by atoms with van der Waals surface area (Å²) >= 11 is 0. The summed E-state index contributed by atoms with van der Waals surface area (Å²) < 4.78 is 0. The van der Waals surface area contributed by atoms with Crippen LogP contribution in [0.4, 0.5) is 0 Å². The van der Waals surface area contributed by atoms with Crippen LogP contribution in [0, 0.1) is 6.92 Å². The summed E-state index contributed by atoms with van der Waals surface area (Å²) in [5, 5.41) is 7.26. The first kappa shape index (κ1) is 17.5. The van der Waals surface area contributed by atoms with Gasteiger partial charge in [-0.25, -0.2) is 0 Å². The van der Waals surface area contributed by atoms with Crippen molar-refractivity contribution in [2.75, 3.05) is 6.54 Å². The molecule has 0 bridgehead atoms. The molecule has 1 aromatic carbocycles.